The highest BCUT2D eigenvalue weighted by atomic mass is 79.9. The summed E-state index contributed by atoms with van der Waals surface area (Å²) >= 11 is 3.56. The van der Waals surface area contributed by atoms with Gasteiger partial charge in [-0.15, -0.1) is 0 Å². The van der Waals surface area contributed by atoms with Gasteiger partial charge in [-0.05, 0) is 40.9 Å². The summed E-state index contributed by atoms with van der Waals surface area (Å²) in [5, 5.41) is 0. The molecule has 0 bridgehead atoms. The van der Waals surface area contributed by atoms with Gasteiger partial charge in [-0.1, -0.05) is 6.42 Å². The largest absolute Gasteiger partial charge is 0.376 e. The first kappa shape index (κ1) is 11.1. The lowest BCUT2D eigenvalue weighted by Gasteiger charge is -2.24. The van der Waals surface area contributed by atoms with Gasteiger partial charge in [0, 0.05) is 26.2 Å². The molecule has 2 aromatic heterocycles. The second kappa shape index (κ2) is 4.02. The van der Waals surface area contributed by atoms with E-state index in [1.165, 1.54) is 30.8 Å². The van der Waals surface area contributed by atoms with Gasteiger partial charge in [-0.2, -0.15) is 0 Å². The summed E-state index contributed by atoms with van der Waals surface area (Å²) in [6, 6.07) is 4.26. The van der Waals surface area contributed by atoms with E-state index in [2.05, 4.69) is 62.6 Å². The van der Waals surface area contributed by atoms with Crippen molar-refractivity contribution in [1.29, 1.82) is 0 Å². The van der Waals surface area contributed by atoms with E-state index in [1.54, 1.807) is 0 Å². The normalized spacial score (nSPS) is 16.2. The number of imidazole rings is 1. The Morgan fingerprint density at radius 3 is 2.71 bits per heavy atom. The van der Waals surface area contributed by atoms with Gasteiger partial charge in [0.15, 0.2) is 0 Å². The minimum atomic E-state index is 0.645. The number of aromatic nitrogens is 2. The average Bonchev–Trinajstić information content (AvgIpc) is 2.54. The molecule has 1 aliphatic rings. The Hall–Kier alpha value is -1.03. The van der Waals surface area contributed by atoms with E-state index < -0.39 is 0 Å². The van der Waals surface area contributed by atoms with Crippen LogP contribution in [-0.2, 0) is 0 Å². The van der Waals surface area contributed by atoms with Gasteiger partial charge < -0.3 is 9.30 Å². The first-order chi connectivity index (χ1) is 8.16. The monoisotopic (exact) mass is 293 g/mol. The number of fused-ring (bicyclic) bond motifs is 1. The Labute approximate surface area is 110 Å². The maximum Gasteiger partial charge on any atom is 0.132 e. The van der Waals surface area contributed by atoms with Gasteiger partial charge >= 0.3 is 0 Å². The van der Waals surface area contributed by atoms with Crippen molar-refractivity contribution in [3.05, 3.63) is 28.8 Å². The van der Waals surface area contributed by atoms with Crippen LogP contribution in [0.4, 0.5) is 5.69 Å². The van der Waals surface area contributed by atoms with Gasteiger partial charge in [-0.25, -0.2) is 4.98 Å². The molecule has 0 amide bonds. The van der Waals surface area contributed by atoms with Crippen LogP contribution in [0.1, 0.15) is 31.0 Å². The third kappa shape index (κ3) is 1.75. The van der Waals surface area contributed by atoms with Crippen LogP contribution in [0.25, 0.3) is 5.52 Å². The zero-order valence-corrected chi connectivity index (χ0v) is 11.7. The molecule has 4 heteroatoms. The standard InChI is InChI=1S/C13H16BrN3/c1-16(2)10-6-7-11-12(14)15-13(17(11)8-10)9-4-3-5-9/h6-9H,3-5H2,1-2H3. The molecule has 1 saturated carbocycles. The second-order valence-electron chi connectivity index (χ2n) is 4.93. The van der Waals surface area contributed by atoms with E-state index in [0.29, 0.717) is 5.92 Å². The predicted octanol–water partition coefficient (Wildman–Crippen LogP) is 3.43. The molecule has 0 unspecified atom stereocenters. The summed E-state index contributed by atoms with van der Waals surface area (Å²) in [4.78, 5) is 6.80. The van der Waals surface area contributed by atoms with Gasteiger partial charge in [-0.3, -0.25) is 0 Å². The van der Waals surface area contributed by atoms with Crippen LogP contribution < -0.4 is 4.90 Å². The van der Waals surface area contributed by atoms with Crippen LogP contribution in [0.15, 0.2) is 22.9 Å². The summed E-state index contributed by atoms with van der Waals surface area (Å²) in [6.45, 7) is 0. The molecule has 2 heterocycles. The molecule has 0 radical (unpaired) electrons. The van der Waals surface area contributed by atoms with Crippen molar-refractivity contribution in [2.45, 2.75) is 25.2 Å². The Morgan fingerprint density at radius 1 is 1.35 bits per heavy atom. The Kier molecular flexibility index (Phi) is 2.62. The maximum absolute atomic E-state index is 4.67. The van der Waals surface area contributed by atoms with Gasteiger partial charge in [0.2, 0.25) is 0 Å². The molecular weight excluding hydrogens is 278 g/mol. The number of hydrogen-bond acceptors (Lipinski definition) is 2. The SMILES string of the molecule is CN(C)c1ccc2c(Br)nc(C3CCC3)n2c1. The van der Waals surface area contributed by atoms with Crippen LogP contribution in [0, 0.1) is 0 Å². The van der Waals surface area contributed by atoms with E-state index in [0.717, 1.165) is 10.1 Å². The number of hydrogen-bond donors (Lipinski definition) is 0. The molecule has 3 nitrogen and oxygen atoms in total. The van der Waals surface area contributed by atoms with E-state index in [1.807, 2.05) is 0 Å². The Bertz CT molecular complexity index is 555. The van der Waals surface area contributed by atoms with Crippen molar-refractivity contribution in [2.75, 3.05) is 19.0 Å². The topological polar surface area (TPSA) is 20.5 Å². The fraction of sp³-hybridized carbons (Fsp3) is 0.462. The van der Waals surface area contributed by atoms with Crippen molar-refractivity contribution in [1.82, 2.24) is 9.38 Å². The zero-order chi connectivity index (χ0) is 12.0. The van der Waals surface area contributed by atoms with Crippen molar-refractivity contribution >= 4 is 27.1 Å². The third-order valence-electron chi connectivity index (χ3n) is 3.59. The number of rotatable bonds is 2. The van der Waals surface area contributed by atoms with Gasteiger partial charge in [0.1, 0.15) is 10.4 Å². The molecule has 90 valence electrons. The fourth-order valence-electron chi connectivity index (χ4n) is 2.28. The van der Waals surface area contributed by atoms with Crippen molar-refractivity contribution in [3.63, 3.8) is 0 Å². The smallest absolute Gasteiger partial charge is 0.132 e. The molecule has 0 N–H and O–H groups in total. The lowest BCUT2D eigenvalue weighted by molar-refractivity contribution is 0.400. The molecule has 0 saturated heterocycles. The summed E-state index contributed by atoms with van der Waals surface area (Å²) in [6.07, 6.45) is 6.07. The highest BCUT2D eigenvalue weighted by Crippen LogP contribution is 2.37. The molecule has 1 fully saturated rings. The van der Waals surface area contributed by atoms with Crippen molar-refractivity contribution < 1.29 is 0 Å². The number of anilines is 1. The number of halogens is 1. The number of pyridine rings is 1. The van der Waals surface area contributed by atoms with Gasteiger partial charge in [0.25, 0.3) is 0 Å². The fourth-order valence-corrected chi connectivity index (χ4v) is 2.78. The van der Waals surface area contributed by atoms with Crippen molar-refractivity contribution in [2.24, 2.45) is 0 Å². The van der Waals surface area contributed by atoms with Crippen LogP contribution in [-0.4, -0.2) is 23.5 Å². The molecule has 0 spiro atoms. The summed E-state index contributed by atoms with van der Waals surface area (Å²) in [5.41, 5.74) is 2.38. The van der Waals surface area contributed by atoms with Gasteiger partial charge in [0.05, 0.1) is 11.2 Å². The van der Waals surface area contributed by atoms with E-state index in [4.69, 9.17) is 0 Å². The van der Waals surface area contributed by atoms with E-state index >= 15 is 0 Å². The second-order valence-corrected chi connectivity index (χ2v) is 5.68. The quantitative estimate of drug-likeness (QED) is 0.846. The lowest BCUT2D eigenvalue weighted by Crippen LogP contribution is -2.14. The molecule has 2 aromatic rings. The molecule has 17 heavy (non-hydrogen) atoms. The third-order valence-corrected chi connectivity index (χ3v) is 4.17. The van der Waals surface area contributed by atoms with E-state index in [-0.39, 0.29) is 0 Å². The molecule has 0 aromatic carbocycles. The summed E-state index contributed by atoms with van der Waals surface area (Å²) in [7, 11) is 4.13. The highest BCUT2D eigenvalue weighted by molar-refractivity contribution is 9.10. The number of nitrogens with zero attached hydrogens (tertiary/aromatic N) is 3. The summed E-state index contributed by atoms with van der Waals surface area (Å²) in [5.74, 6) is 1.85. The molecule has 0 atom stereocenters. The Morgan fingerprint density at radius 2 is 2.12 bits per heavy atom. The molecule has 3 rings (SSSR count). The Balaban J connectivity index is 2.17. The van der Waals surface area contributed by atoms with Crippen LogP contribution in [0.3, 0.4) is 0 Å². The maximum atomic E-state index is 4.67. The first-order valence-corrected chi connectivity index (χ1v) is 6.81. The highest BCUT2D eigenvalue weighted by Gasteiger charge is 2.25. The molecular formula is C13H16BrN3. The molecule has 0 aliphatic heterocycles. The van der Waals surface area contributed by atoms with Crippen LogP contribution >= 0.6 is 15.9 Å². The average molecular weight is 294 g/mol. The first-order valence-electron chi connectivity index (χ1n) is 6.01. The lowest BCUT2D eigenvalue weighted by atomic mass is 9.85. The molecule has 1 aliphatic carbocycles. The summed E-state index contributed by atoms with van der Waals surface area (Å²) < 4.78 is 3.20. The van der Waals surface area contributed by atoms with Crippen LogP contribution in [0.2, 0.25) is 0 Å². The van der Waals surface area contributed by atoms with Crippen molar-refractivity contribution in [3.8, 4) is 0 Å². The van der Waals surface area contributed by atoms with Crippen LogP contribution in [0.5, 0.6) is 0 Å². The van der Waals surface area contributed by atoms with E-state index in [9.17, 15) is 0 Å². The predicted molar refractivity (Wildman–Crippen MR) is 73.8 cm³/mol. The zero-order valence-electron chi connectivity index (χ0n) is 10.2. The minimum absolute atomic E-state index is 0.645. The minimum Gasteiger partial charge on any atom is -0.376 e.